The number of piperidine rings is 1. The second kappa shape index (κ2) is 7.71. The van der Waals surface area contributed by atoms with E-state index in [1.165, 1.54) is 11.6 Å². The van der Waals surface area contributed by atoms with E-state index < -0.39 is 0 Å². The highest BCUT2D eigenvalue weighted by Crippen LogP contribution is 2.26. The van der Waals surface area contributed by atoms with Crippen LogP contribution in [0.25, 0.3) is 0 Å². The van der Waals surface area contributed by atoms with Gasteiger partial charge in [-0.2, -0.15) is 0 Å². The smallest absolute Gasteiger partial charge is 0.140 e. The maximum absolute atomic E-state index is 13.8. The Morgan fingerprint density at radius 1 is 1.12 bits per heavy atom. The number of rotatable bonds is 5. The van der Waals surface area contributed by atoms with E-state index in [1.54, 1.807) is 18.2 Å². The number of carbonyl (C=O) groups excluding carboxylic acids is 1. The molecule has 0 bridgehead atoms. The lowest BCUT2D eigenvalue weighted by molar-refractivity contribution is -0.125. The number of benzene rings is 2. The minimum Gasteiger partial charge on any atom is -0.299 e. The third kappa shape index (κ3) is 4.09. The van der Waals surface area contributed by atoms with Crippen LogP contribution in [0.5, 0.6) is 0 Å². The van der Waals surface area contributed by atoms with Crippen molar-refractivity contribution in [3.8, 4) is 0 Å². The van der Waals surface area contributed by atoms with E-state index in [0.717, 1.165) is 26.1 Å². The summed E-state index contributed by atoms with van der Waals surface area (Å²) in [5.74, 6) is 0.241. The Morgan fingerprint density at radius 3 is 2.54 bits per heavy atom. The third-order valence-electron chi connectivity index (χ3n) is 4.97. The fourth-order valence-electron chi connectivity index (χ4n) is 3.66. The first-order valence-corrected chi connectivity index (χ1v) is 8.66. The predicted molar refractivity (Wildman–Crippen MR) is 94.1 cm³/mol. The maximum atomic E-state index is 13.8. The van der Waals surface area contributed by atoms with Gasteiger partial charge >= 0.3 is 0 Å². The lowest BCUT2D eigenvalue weighted by Gasteiger charge is -2.36. The first kappa shape index (κ1) is 16.8. The monoisotopic (exact) mass is 325 g/mol. The zero-order valence-corrected chi connectivity index (χ0v) is 14.1. The SMILES string of the molecule is C[C@H]1CN(Cc2ccccc2)CC[C@@H]1C(=O)Cc1ccccc1F. The van der Waals surface area contributed by atoms with Crippen LogP contribution in [0.4, 0.5) is 4.39 Å². The van der Waals surface area contributed by atoms with Crippen molar-refractivity contribution in [2.45, 2.75) is 26.3 Å². The second-order valence-electron chi connectivity index (χ2n) is 6.83. The fourth-order valence-corrected chi connectivity index (χ4v) is 3.66. The molecular weight excluding hydrogens is 301 g/mol. The predicted octanol–water partition coefficient (Wildman–Crippen LogP) is 4.10. The van der Waals surface area contributed by atoms with Crippen LogP contribution in [-0.4, -0.2) is 23.8 Å². The van der Waals surface area contributed by atoms with Crippen LogP contribution in [0.3, 0.4) is 0 Å². The molecule has 24 heavy (non-hydrogen) atoms. The number of hydrogen-bond acceptors (Lipinski definition) is 2. The van der Waals surface area contributed by atoms with E-state index in [1.807, 2.05) is 6.07 Å². The highest BCUT2D eigenvalue weighted by molar-refractivity contribution is 5.83. The molecule has 1 aliphatic rings. The van der Waals surface area contributed by atoms with Crippen LogP contribution in [0, 0.1) is 17.7 Å². The van der Waals surface area contributed by atoms with Gasteiger partial charge in [-0.15, -0.1) is 0 Å². The van der Waals surface area contributed by atoms with Gasteiger partial charge in [-0.1, -0.05) is 55.5 Å². The van der Waals surface area contributed by atoms with Crippen molar-refractivity contribution >= 4 is 5.78 Å². The first-order valence-electron chi connectivity index (χ1n) is 8.66. The molecule has 2 atom stereocenters. The summed E-state index contributed by atoms with van der Waals surface area (Å²) in [6.45, 7) is 4.91. The highest BCUT2D eigenvalue weighted by Gasteiger charge is 2.31. The molecular formula is C21H24FNO. The van der Waals surface area contributed by atoms with Crippen LogP contribution in [-0.2, 0) is 17.8 Å². The molecule has 0 amide bonds. The number of likely N-dealkylation sites (tertiary alicyclic amines) is 1. The van der Waals surface area contributed by atoms with Gasteiger partial charge in [-0.25, -0.2) is 4.39 Å². The molecule has 1 saturated heterocycles. The largest absolute Gasteiger partial charge is 0.299 e. The van der Waals surface area contributed by atoms with Crippen LogP contribution < -0.4 is 0 Å². The van der Waals surface area contributed by atoms with Crippen LogP contribution in [0.1, 0.15) is 24.5 Å². The molecule has 0 saturated carbocycles. The molecule has 0 unspecified atom stereocenters. The van der Waals surface area contributed by atoms with Crippen LogP contribution in [0.15, 0.2) is 54.6 Å². The third-order valence-corrected chi connectivity index (χ3v) is 4.97. The van der Waals surface area contributed by atoms with E-state index >= 15 is 0 Å². The summed E-state index contributed by atoms with van der Waals surface area (Å²) in [7, 11) is 0. The molecule has 0 radical (unpaired) electrons. The second-order valence-corrected chi connectivity index (χ2v) is 6.83. The maximum Gasteiger partial charge on any atom is 0.140 e. The number of nitrogens with zero attached hydrogens (tertiary/aromatic N) is 1. The quantitative estimate of drug-likeness (QED) is 0.825. The summed E-state index contributed by atoms with van der Waals surface area (Å²) in [4.78, 5) is 15.0. The lowest BCUT2D eigenvalue weighted by atomic mass is 9.81. The zero-order chi connectivity index (χ0) is 16.9. The Labute approximate surface area is 143 Å². The Bertz CT molecular complexity index is 685. The molecule has 126 valence electrons. The Balaban J connectivity index is 1.57. The number of hydrogen-bond donors (Lipinski definition) is 0. The van der Waals surface area contributed by atoms with Crippen LogP contribution >= 0.6 is 0 Å². The van der Waals surface area contributed by atoms with Gasteiger partial charge in [0.05, 0.1) is 0 Å². The Hall–Kier alpha value is -2.00. The summed E-state index contributed by atoms with van der Waals surface area (Å²) in [6, 6.07) is 17.0. The average Bonchev–Trinajstić information content (AvgIpc) is 2.58. The van der Waals surface area contributed by atoms with Crippen molar-refractivity contribution in [3.63, 3.8) is 0 Å². The molecule has 0 aliphatic carbocycles. The van der Waals surface area contributed by atoms with Gasteiger partial charge in [-0.3, -0.25) is 9.69 Å². The van der Waals surface area contributed by atoms with Crippen molar-refractivity contribution < 1.29 is 9.18 Å². The molecule has 0 N–H and O–H groups in total. The summed E-state index contributed by atoms with van der Waals surface area (Å²) < 4.78 is 13.8. The number of carbonyl (C=O) groups is 1. The van der Waals surface area contributed by atoms with Gasteiger partial charge in [0.25, 0.3) is 0 Å². The number of halogens is 1. The summed E-state index contributed by atoms with van der Waals surface area (Å²) >= 11 is 0. The molecule has 3 rings (SSSR count). The lowest BCUT2D eigenvalue weighted by Crippen LogP contribution is -2.42. The summed E-state index contributed by atoms with van der Waals surface area (Å²) in [6.07, 6.45) is 1.07. The summed E-state index contributed by atoms with van der Waals surface area (Å²) in [5, 5.41) is 0. The molecule has 0 aromatic heterocycles. The molecule has 2 aromatic rings. The van der Waals surface area contributed by atoms with Crippen molar-refractivity contribution in [1.29, 1.82) is 0 Å². The van der Waals surface area contributed by atoms with Crippen molar-refractivity contribution in [1.82, 2.24) is 4.90 Å². The van der Waals surface area contributed by atoms with E-state index in [4.69, 9.17) is 0 Å². The molecule has 2 nitrogen and oxygen atoms in total. The zero-order valence-electron chi connectivity index (χ0n) is 14.1. The van der Waals surface area contributed by atoms with Gasteiger partial charge in [0.2, 0.25) is 0 Å². The standard InChI is InChI=1S/C21H24FNO/c1-16-14-23(15-17-7-3-2-4-8-17)12-11-19(16)21(24)13-18-9-5-6-10-20(18)22/h2-10,16,19H,11-15H2,1H3/t16-,19-/m0/s1. The van der Waals surface area contributed by atoms with E-state index in [2.05, 4.69) is 36.1 Å². The minimum atomic E-state index is -0.278. The molecule has 0 spiro atoms. The highest BCUT2D eigenvalue weighted by atomic mass is 19.1. The van der Waals surface area contributed by atoms with Gasteiger partial charge in [-0.05, 0) is 36.1 Å². The average molecular weight is 325 g/mol. The molecule has 1 fully saturated rings. The van der Waals surface area contributed by atoms with Gasteiger partial charge in [0.15, 0.2) is 0 Å². The molecule has 1 aliphatic heterocycles. The number of ketones is 1. The van der Waals surface area contributed by atoms with Gasteiger partial charge in [0.1, 0.15) is 11.6 Å². The molecule has 1 heterocycles. The first-order chi connectivity index (χ1) is 11.6. The van der Waals surface area contributed by atoms with Crippen molar-refractivity contribution in [2.75, 3.05) is 13.1 Å². The molecule has 3 heteroatoms. The molecule has 2 aromatic carbocycles. The van der Waals surface area contributed by atoms with E-state index in [0.29, 0.717) is 11.5 Å². The Morgan fingerprint density at radius 2 is 1.83 bits per heavy atom. The van der Waals surface area contributed by atoms with Gasteiger partial charge in [0, 0.05) is 25.4 Å². The van der Waals surface area contributed by atoms with Crippen LogP contribution in [0.2, 0.25) is 0 Å². The Kier molecular flexibility index (Phi) is 5.41. The summed E-state index contributed by atoms with van der Waals surface area (Å²) in [5.41, 5.74) is 1.82. The van der Waals surface area contributed by atoms with Crippen molar-refractivity contribution in [2.24, 2.45) is 11.8 Å². The van der Waals surface area contributed by atoms with Crippen molar-refractivity contribution in [3.05, 3.63) is 71.5 Å². The normalized spacial score (nSPS) is 21.6. The fraction of sp³-hybridized carbons (Fsp3) is 0.381. The number of Topliss-reactive ketones (excluding diaryl/α,β-unsaturated/α-hetero) is 1. The minimum absolute atomic E-state index is 0.0385. The van der Waals surface area contributed by atoms with E-state index in [-0.39, 0.29) is 23.9 Å². The van der Waals surface area contributed by atoms with E-state index in [9.17, 15) is 9.18 Å². The van der Waals surface area contributed by atoms with Gasteiger partial charge < -0.3 is 0 Å². The topological polar surface area (TPSA) is 20.3 Å².